The topological polar surface area (TPSA) is 75.9 Å². The number of aryl methyl sites for hydroxylation is 1. The average molecular weight is 528 g/mol. The molecule has 1 unspecified atom stereocenters. The number of ether oxygens (including phenoxy) is 2. The molecule has 1 aliphatic rings. The van der Waals surface area contributed by atoms with Crippen molar-refractivity contribution in [1.29, 1.82) is 0 Å². The molecule has 0 bridgehead atoms. The van der Waals surface area contributed by atoms with Crippen LogP contribution in [0.15, 0.2) is 41.7 Å². The maximum absolute atomic E-state index is 5.54. The Morgan fingerprint density at radius 1 is 1.23 bits per heavy atom. The first kappa shape index (κ1) is 24.4. The van der Waals surface area contributed by atoms with Crippen molar-refractivity contribution in [1.82, 2.24) is 25.3 Å². The van der Waals surface area contributed by atoms with E-state index in [2.05, 4.69) is 37.8 Å². The zero-order chi connectivity index (χ0) is 20.5. The normalized spacial score (nSPS) is 15.9. The van der Waals surface area contributed by atoms with Crippen molar-refractivity contribution in [2.24, 2.45) is 4.99 Å². The summed E-state index contributed by atoms with van der Waals surface area (Å²) < 4.78 is 12.8. The highest BCUT2D eigenvalue weighted by atomic mass is 127. The van der Waals surface area contributed by atoms with Gasteiger partial charge < -0.3 is 20.1 Å². The molecule has 1 atom stereocenters. The Balaban J connectivity index is 0.00000320. The molecule has 8 nitrogen and oxygen atoms in total. The quantitative estimate of drug-likeness (QED) is 0.311. The van der Waals surface area contributed by atoms with Gasteiger partial charge in [-0.2, -0.15) is 5.10 Å². The van der Waals surface area contributed by atoms with Crippen LogP contribution in [0.4, 0.5) is 0 Å². The monoisotopic (exact) mass is 528 g/mol. The molecule has 2 aromatic rings. The van der Waals surface area contributed by atoms with E-state index in [1.54, 1.807) is 14.2 Å². The summed E-state index contributed by atoms with van der Waals surface area (Å²) in [7, 11) is 3.49. The Labute approximate surface area is 196 Å². The number of morpholine rings is 1. The van der Waals surface area contributed by atoms with E-state index in [-0.39, 0.29) is 30.0 Å². The van der Waals surface area contributed by atoms with Crippen LogP contribution in [0.3, 0.4) is 0 Å². The van der Waals surface area contributed by atoms with Crippen molar-refractivity contribution in [2.45, 2.75) is 19.5 Å². The third-order valence-electron chi connectivity index (χ3n) is 5.07. The molecule has 30 heavy (non-hydrogen) atoms. The molecule has 0 radical (unpaired) electrons. The Hall–Kier alpha value is -1.85. The number of guanidine groups is 1. The first-order valence-electron chi connectivity index (χ1n) is 10.1. The molecule has 0 aliphatic carbocycles. The second kappa shape index (κ2) is 12.8. The fourth-order valence-electron chi connectivity index (χ4n) is 3.47. The first-order chi connectivity index (χ1) is 14.2. The minimum atomic E-state index is 0. The average Bonchev–Trinajstić information content (AvgIpc) is 3.18. The predicted molar refractivity (Wildman–Crippen MR) is 130 cm³/mol. The van der Waals surface area contributed by atoms with Gasteiger partial charge in [-0.15, -0.1) is 24.0 Å². The largest absolute Gasteiger partial charge is 0.497 e. The SMILES string of the molecule is CN=C(NCCn1cc(C)cn1)NCC(c1ccc(OC)cc1)N1CCOCC1.I. The van der Waals surface area contributed by atoms with Crippen molar-refractivity contribution in [2.75, 3.05) is 53.6 Å². The molecular formula is C21H33IN6O2. The molecular weight excluding hydrogens is 495 g/mol. The van der Waals surface area contributed by atoms with Gasteiger partial charge in [0.25, 0.3) is 0 Å². The van der Waals surface area contributed by atoms with E-state index < -0.39 is 0 Å². The van der Waals surface area contributed by atoms with Crippen LogP contribution >= 0.6 is 24.0 Å². The predicted octanol–water partition coefficient (Wildman–Crippen LogP) is 2.06. The van der Waals surface area contributed by atoms with Gasteiger partial charge in [-0.05, 0) is 30.2 Å². The molecule has 1 aliphatic heterocycles. The number of halogens is 1. The number of nitrogens with one attached hydrogen (secondary N) is 2. The van der Waals surface area contributed by atoms with Crippen LogP contribution in [-0.2, 0) is 11.3 Å². The van der Waals surface area contributed by atoms with Gasteiger partial charge in [0.15, 0.2) is 5.96 Å². The smallest absolute Gasteiger partial charge is 0.191 e. The highest BCUT2D eigenvalue weighted by Crippen LogP contribution is 2.23. The number of rotatable bonds is 8. The summed E-state index contributed by atoms with van der Waals surface area (Å²) in [6, 6.07) is 8.54. The highest BCUT2D eigenvalue weighted by Gasteiger charge is 2.23. The number of hydrogen-bond acceptors (Lipinski definition) is 5. The lowest BCUT2D eigenvalue weighted by atomic mass is 10.0. The molecule has 0 amide bonds. The summed E-state index contributed by atoms with van der Waals surface area (Å²) in [5.41, 5.74) is 2.42. The third-order valence-corrected chi connectivity index (χ3v) is 5.07. The van der Waals surface area contributed by atoms with E-state index in [0.29, 0.717) is 0 Å². The second-order valence-corrected chi connectivity index (χ2v) is 7.10. The van der Waals surface area contributed by atoms with Crippen molar-refractivity contribution >= 4 is 29.9 Å². The van der Waals surface area contributed by atoms with Gasteiger partial charge in [-0.25, -0.2) is 0 Å². The molecule has 9 heteroatoms. The van der Waals surface area contributed by atoms with Gasteiger partial charge in [-0.3, -0.25) is 14.6 Å². The van der Waals surface area contributed by atoms with Gasteiger partial charge in [-0.1, -0.05) is 12.1 Å². The molecule has 2 N–H and O–H groups in total. The summed E-state index contributed by atoms with van der Waals surface area (Å²) in [5.74, 6) is 1.66. The van der Waals surface area contributed by atoms with Crippen LogP contribution in [-0.4, -0.2) is 74.2 Å². The molecule has 1 fully saturated rings. The van der Waals surface area contributed by atoms with E-state index in [9.17, 15) is 0 Å². The minimum absolute atomic E-state index is 0. The molecule has 166 valence electrons. The highest BCUT2D eigenvalue weighted by molar-refractivity contribution is 14.0. The summed E-state index contributed by atoms with van der Waals surface area (Å²) in [5, 5.41) is 11.2. The Kier molecular flexibility index (Phi) is 10.4. The van der Waals surface area contributed by atoms with E-state index in [1.165, 1.54) is 11.1 Å². The molecule has 1 saturated heterocycles. The zero-order valence-electron chi connectivity index (χ0n) is 18.0. The van der Waals surface area contributed by atoms with Crippen molar-refractivity contribution in [3.8, 4) is 5.75 Å². The maximum atomic E-state index is 5.54. The number of nitrogens with zero attached hydrogens (tertiary/aromatic N) is 4. The maximum Gasteiger partial charge on any atom is 0.191 e. The lowest BCUT2D eigenvalue weighted by Crippen LogP contribution is -2.46. The molecule has 0 spiro atoms. The van der Waals surface area contributed by atoms with Gasteiger partial charge in [0.2, 0.25) is 0 Å². The fraction of sp³-hybridized carbons (Fsp3) is 0.524. The fourth-order valence-corrected chi connectivity index (χ4v) is 3.47. The van der Waals surface area contributed by atoms with Crippen molar-refractivity contribution in [3.05, 3.63) is 47.8 Å². The van der Waals surface area contributed by atoms with Gasteiger partial charge in [0.05, 0.1) is 39.1 Å². The van der Waals surface area contributed by atoms with E-state index >= 15 is 0 Å². The number of benzene rings is 1. The lowest BCUT2D eigenvalue weighted by molar-refractivity contribution is 0.0170. The van der Waals surface area contributed by atoms with Gasteiger partial charge in [0, 0.05) is 39.4 Å². The number of aromatic nitrogens is 2. The van der Waals surface area contributed by atoms with Gasteiger partial charge in [0.1, 0.15) is 5.75 Å². The third kappa shape index (κ3) is 7.13. The molecule has 1 aromatic heterocycles. The molecule has 0 saturated carbocycles. The van der Waals surface area contributed by atoms with Crippen LogP contribution < -0.4 is 15.4 Å². The van der Waals surface area contributed by atoms with Gasteiger partial charge >= 0.3 is 0 Å². The number of aliphatic imine (C=N–C) groups is 1. The zero-order valence-corrected chi connectivity index (χ0v) is 20.3. The lowest BCUT2D eigenvalue weighted by Gasteiger charge is -2.35. The number of methoxy groups -OCH3 is 1. The van der Waals surface area contributed by atoms with E-state index in [1.807, 2.05) is 36.1 Å². The number of hydrogen-bond donors (Lipinski definition) is 2. The van der Waals surface area contributed by atoms with Crippen molar-refractivity contribution in [3.63, 3.8) is 0 Å². The van der Waals surface area contributed by atoms with Crippen molar-refractivity contribution < 1.29 is 9.47 Å². The second-order valence-electron chi connectivity index (χ2n) is 7.10. The standard InChI is InChI=1S/C21H32N6O2.HI/c1-17-14-25-27(16-17)9-8-23-21(22-2)24-15-20(26-10-12-29-13-11-26)18-4-6-19(28-3)7-5-18;/h4-7,14,16,20H,8-13,15H2,1-3H3,(H2,22,23,24);1H. The summed E-state index contributed by atoms with van der Waals surface area (Å²) in [4.78, 5) is 6.82. The van der Waals surface area contributed by atoms with Crippen LogP contribution in [0.25, 0.3) is 0 Å². The summed E-state index contributed by atoms with van der Waals surface area (Å²) >= 11 is 0. The Morgan fingerprint density at radius 2 is 1.97 bits per heavy atom. The van der Waals surface area contributed by atoms with Crippen LogP contribution in [0, 0.1) is 6.92 Å². The van der Waals surface area contributed by atoms with E-state index in [4.69, 9.17) is 9.47 Å². The summed E-state index contributed by atoms with van der Waals surface area (Å²) in [6.45, 7) is 7.72. The summed E-state index contributed by atoms with van der Waals surface area (Å²) in [6.07, 6.45) is 3.91. The van der Waals surface area contributed by atoms with Crippen LogP contribution in [0.2, 0.25) is 0 Å². The Bertz CT molecular complexity index is 774. The van der Waals surface area contributed by atoms with E-state index in [0.717, 1.165) is 57.6 Å². The molecule has 2 heterocycles. The first-order valence-corrected chi connectivity index (χ1v) is 10.1. The van der Waals surface area contributed by atoms with Crippen LogP contribution in [0.5, 0.6) is 5.75 Å². The molecule has 3 rings (SSSR count). The molecule has 1 aromatic carbocycles. The van der Waals surface area contributed by atoms with Crippen LogP contribution in [0.1, 0.15) is 17.2 Å². The Morgan fingerprint density at radius 3 is 2.57 bits per heavy atom. The minimum Gasteiger partial charge on any atom is -0.497 e.